The lowest BCUT2D eigenvalue weighted by molar-refractivity contribution is 1.35. The van der Waals surface area contributed by atoms with E-state index in [1.807, 2.05) is 35.3 Å². The van der Waals surface area contributed by atoms with Crippen molar-refractivity contribution in [3.8, 4) is 0 Å². The Morgan fingerprint density at radius 2 is 2.38 bits per heavy atom. The number of thiol groups is 1. The van der Waals surface area contributed by atoms with Gasteiger partial charge in [-0.25, -0.2) is 0 Å². The molecule has 1 heterocycles. The van der Waals surface area contributed by atoms with Crippen molar-refractivity contribution < 1.29 is 0 Å². The second-order valence-electron chi connectivity index (χ2n) is 1.45. The van der Waals surface area contributed by atoms with E-state index >= 15 is 0 Å². The molecule has 4 heteroatoms. The molecular formula is C4H8S4. The molecule has 0 nitrogen and oxygen atoms in total. The first-order chi connectivity index (χ1) is 3.84. The predicted octanol–water partition coefficient (Wildman–Crippen LogP) is 2.37. The summed E-state index contributed by atoms with van der Waals surface area (Å²) < 4.78 is 1.30. The maximum absolute atomic E-state index is 4.38. The first-order valence-corrected chi connectivity index (χ1v) is 6.19. The quantitative estimate of drug-likeness (QED) is 0.517. The van der Waals surface area contributed by atoms with Crippen LogP contribution in [0.1, 0.15) is 0 Å². The topological polar surface area (TPSA) is 0 Å². The number of hydrogen-bond donors (Lipinski definition) is 1. The summed E-state index contributed by atoms with van der Waals surface area (Å²) in [6.07, 6.45) is 2.11. The highest BCUT2D eigenvalue weighted by atomic mass is 32.3. The van der Waals surface area contributed by atoms with E-state index in [0.717, 1.165) is 4.58 Å². The fraction of sp³-hybridized carbons (Fsp3) is 1.00. The van der Waals surface area contributed by atoms with Crippen molar-refractivity contribution in [3.05, 3.63) is 0 Å². The van der Waals surface area contributed by atoms with Crippen molar-refractivity contribution in [1.82, 2.24) is 0 Å². The normalized spacial score (nSPS) is 24.8. The first kappa shape index (κ1) is 7.51. The summed E-state index contributed by atoms with van der Waals surface area (Å²) in [6, 6.07) is 0. The lowest BCUT2D eigenvalue weighted by Gasteiger charge is -2.27. The van der Waals surface area contributed by atoms with Gasteiger partial charge in [-0.05, 0) is 6.26 Å². The van der Waals surface area contributed by atoms with E-state index in [1.54, 1.807) is 0 Å². The van der Waals surface area contributed by atoms with Gasteiger partial charge in [-0.3, -0.25) is 0 Å². The molecule has 1 atom stereocenters. The highest BCUT2D eigenvalue weighted by molar-refractivity contribution is 8.34. The summed E-state index contributed by atoms with van der Waals surface area (Å²) in [4.78, 5) is 0. The molecule has 0 saturated carbocycles. The third-order valence-corrected chi connectivity index (χ3v) is 6.48. The Labute approximate surface area is 68.4 Å². The molecule has 0 N–H and O–H groups in total. The van der Waals surface area contributed by atoms with Crippen molar-refractivity contribution in [2.24, 2.45) is 0 Å². The van der Waals surface area contributed by atoms with Crippen LogP contribution in [0.5, 0.6) is 0 Å². The largest absolute Gasteiger partial charge is 0.163 e. The van der Waals surface area contributed by atoms with Crippen LogP contribution in [0.2, 0.25) is 0 Å². The number of rotatable bonds is 2. The number of thioether (sulfide) groups is 3. The Kier molecular flexibility index (Phi) is 3.32. The molecule has 0 spiro atoms. The maximum Gasteiger partial charge on any atom is 0.0726 e. The van der Waals surface area contributed by atoms with Gasteiger partial charge >= 0.3 is 0 Å². The van der Waals surface area contributed by atoms with Crippen LogP contribution in [0, 0.1) is 0 Å². The molecular weight excluding hydrogens is 176 g/mol. The van der Waals surface area contributed by atoms with E-state index in [-0.39, 0.29) is 0 Å². The summed E-state index contributed by atoms with van der Waals surface area (Å²) in [5.74, 6) is 0. The van der Waals surface area contributed by atoms with Crippen LogP contribution in [-0.2, 0) is 0 Å². The van der Waals surface area contributed by atoms with Crippen LogP contribution in [0.4, 0.5) is 0 Å². The van der Waals surface area contributed by atoms with Gasteiger partial charge in [-0.1, -0.05) is 0 Å². The monoisotopic (exact) mass is 184 g/mol. The van der Waals surface area contributed by atoms with Crippen LogP contribution in [-0.4, -0.2) is 20.5 Å². The Morgan fingerprint density at radius 3 is 2.50 bits per heavy atom. The molecule has 1 saturated heterocycles. The molecule has 0 aromatic rings. The summed E-state index contributed by atoms with van der Waals surface area (Å²) >= 11 is 10.2. The van der Waals surface area contributed by atoms with E-state index in [1.165, 1.54) is 5.08 Å². The van der Waals surface area contributed by atoms with Crippen molar-refractivity contribution in [1.29, 1.82) is 0 Å². The summed E-state index contributed by atoms with van der Waals surface area (Å²) in [5, 5.41) is 1.27. The fourth-order valence-electron chi connectivity index (χ4n) is 0.422. The lowest BCUT2D eigenvalue weighted by atomic mass is 10.9. The zero-order valence-electron chi connectivity index (χ0n) is 4.53. The van der Waals surface area contributed by atoms with Crippen LogP contribution >= 0.6 is 47.9 Å². The third kappa shape index (κ3) is 1.69. The summed E-state index contributed by atoms with van der Waals surface area (Å²) in [6.45, 7) is 0. The standard InChI is InChI=1S/C4H8S4/c1-6-3(5)4-7-2-8-4/h3-5H,2H2,1H3. The SMILES string of the molecule is CSC(S)C1SCS1. The van der Waals surface area contributed by atoms with Crippen molar-refractivity contribution in [2.75, 3.05) is 11.3 Å². The van der Waals surface area contributed by atoms with Gasteiger partial charge in [0.25, 0.3) is 0 Å². The van der Waals surface area contributed by atoms with E-state index in [2.05, 4.69) is 18.9 Å². The highest BCUT2D eigenvalue weighted by Gasteiger charge is 2.24. The van der Waals surface area contributed by atoms with Gasteiger partial charge in [0.15, 0.2) is 0 Å². The Bertz CT molecular complexity index is 67.7. The Morgan fingerprint density at radius 1 is 1.75 bits per heavy atom. The van der Waals surface area contributed by atoms with Crippen LogP contribution in [0.15, 0.2) is 0 Å². The summed E-state index contributed by atoms with van der Waals surface area (Å²) in [7, 11) is 0. The summed E-state index contributed by atoms with van der Waals surface area (Å²) in [5.41, 5.74) is 0. The average molecular weight is 184 g/mol. The van der Waals surface area contributed by atoms with E-state index < -0.39 is 0 Å². The van der Waals surface area contributed by atoms with E-state index in [0.29, 0.717) is 4.58 Å². The van der Waals surface area contributed by atoms with Crippen molar-refractivity contribution in [2.45, 2.75) is 9.16 Å². The molecule has 8 heavy (non-hydrogen) atoms. The second-order valence-corrected chi connectivity index (χ2v) is 6.25. The first-order valence-electron chi connectivity index (χ1n) is 2.28. The fourth-order valence-corrected chi connectivity index (χ4v) is 3.80. The predicted molar refractivity (Wildman–Crippen MR) is 50.1 cm³/mol. The molecule has 0 aromatic heterocycles. The molecule has 1 aliphatic heterocycles. The molecule has 0 bridgehead atoms. The zero-order valence-corrected chi connectivity index (χ0v) is 7.88. The number of hydrogen-bond acceptors (Lipinski definition) is 4. The molecule has 0 aliphatic carbocycles. The third-order valence-electron chi connectivity index (χ3n) is 0.939. The van der Waals surface area contributed by atoms with Gasteiger partial charge < -0.3 is 0 Å². The van der Waals surface area contributed by atoms with Crippen molar-refractivity contribution in [3.63, 3.8) is 0 Å². The molecule has 1 unspecified atom stereocenters. The molecule has 0 aromatic carbocycles. The minimum atomic E-state index is 0.541. The molecule has 1 rings (SSSR count). The van der Waals surface area contributed by atoms with Gasteiger partial charge in [-0.2, -0.15) is 12.6 Å². The molecule has 0 radical (unpaired) electrons. The van der Waals surface area contributed by atoms with Gasteiger partial charge in [-0.15, -0.1) is 35.3 Å². The molecule has 1 aliphatic rings. The highest BCUT2D eigenvalue weighted by Crippen LogP contribution is 2.45. The van der Waals surface area contributed by atoms with Crippen LogP contribution < -0.4 is 0 Å². The van der Waals surface area contributed by atoms with Gasteiger partial charge in [0.1, 0.15) is 0 Å². The maximum atomic E-state index is 4.38. The van der Waals surface area contributed by atoms with Gasteiger partial charge in [0.05, 0.1) is 9.16 Å². The molecule has 48 valence electrons. The molecule has 1 fully saturated rings. The minimum Gasteiger partial charge on any atom is -0.163 e. The van der Waals surface area contributed by atoms with Crippen molar-refractivity contribution >= 4 is 47.9 Å². The lowest BCUT2D eigenvalue weighted by Crippen LogP contribution is -2.17. The van der Waals surface area contributed by atoms with Gasteiger partial charge in [0, 0.05) is 5.08 Å². The Balaban J connectivity index is 2.13. The van der Waals surface area contributed by atoms with E-state index in [4.69, 9.17) is 0 Å². The smallest absolute Gasteiger partial charge is 0.0726 e. The minimum absolute atomic E-state index is 0.541. The van der Waals surface area contributed by atoms with Gasteiger partial charge in [0.2, 0.25) is 0 Å². The van der Waals surface area contributed by atoms with E-state index in [9.17, 15) is 0 Å². The van der Waals surface area contributed by atoms with Crippen LogP contribution in [0.3, 0.4) is 0 Å². The molecule has 0 amide bonds. The second kappa shape index (κ2) is 3.54. The zero-order chi connectivity index (χ0) is 5.98. The average Bonchev–Trinajstić information content (AvgIpc) is 1.62. The Hall–Kier alpha value is 1.40. The van der Waals surface area contributed by atoms with Crippen LogP contribution in [0.25, 0.3) is 0 Å².